The standard InChI is InChI=1S/C15H20F3NO2/c1-2-3-4-5-6-7-8-21-15(20)10-9-11(16)13(18)14(19)12(10)17/h9H,2-8,19H2,1H3. The molecule has 0 spiro atoms. The number of nitrogens with two attached hydrogens (primary N) is 1. The molecule has 0 radical (unpaired) electrons. The van der Waals surface area contributed by atoms with Crippen LogP contribution in [-0.4, -0.2) is 12.6 Å². The molecule has 0 heterocycles. The Labute approximate surface area is 122 Å². The predicted octanol–water partition coefficient (Wildman–Crippen LogP) is 4.20. The summed E-state index contributed by atoms with van der Waals surface area (Å²) in [6.07, 6.45) is 6.02. The molecule has 0 fully saturated rings. The van der Waals surface area contributed by atoms with Crippen molar-refractivity contribution >= 4 is 11.7 Å². The van der Waals surface area contributed by atoms with E-state index in [1.54, 1.807) is 0 Å². The van der Waals surface area contributed by atoms with Gasteiger partial charge in [0, 0.05) is 0 Å². The number of carbonyl (C=O) groups excluding carboxylic acids is 1. The molecule has 21 heavy (non-hydrogen) atoms. The van der Waals surface area contributed by atoms with E-state index in [9.17, 15) is 18.0 Å². The SMILES string of the molecule is CCCCCCCCOC(=O)c1cc(F)c(F)c(N)c1F. The summed E-state index contributed by atoms with van der Waals surface area (Å²) in [4.78, 5) is 11.6. The molecule has 6 heteroatoms. The lowest BCUT2D eigenvalue weighted by atomic mass is 10.1. The Balaban J connectivity index is 2.46. The van der Waals surface area contributed by atoms with Crippen molar-refractivity contribution in [1.82, 2.24) is 0 Å². The third kappa shape index (κ3) is 4.95. The van der Waals surface area contributed by atoms with Gasteiger partial charge >= 0.3 is 5.97 Å². The summed E-state index contributed by atoms with van der Waals surface area (Å²) in [6.45, 7) is 2.23. The highest BCUT2D eigenvalue weighted by Crippen LogP contribution is 2.22. The molecular formula is C15H20F3NO2. The number of hydrogen-bond acceptors (Lipinski definition) is 3. The minimum Gasteiger partial charge on any atom is -0.462 e. The summed E-state index contributed by atoms with van der Waals surface area (Å²) in [5, 5.41) is 0. The monoisotopic (exact) mass is 303 g/mol. The quantitative estimate of drug-likeness (QED) is 0.339. The molecular weight excluding hydrogens is 283 g/mol. The Morgan fingerprint density at radius 2 is 1.71 bits per heavy atom. The maximum atomic E-state index is 13.6. The van der Waals surface area contributed by atoms with E-state index in [1.165, 1.54) is 6.42 Å². The highest BCUT2D eigenvalue weighted by molar-refractivity contribution is 5.90. The second kappa shape index (κ2) is 8.54. The number of anilines is 1. The predicted molar refractivity (Wildman–Crippen MR) is 74.4 cm³/mol. The van der Waals surface area contributed by atoms with E-state index in [0.717, 1.165) is 25.7 Å². The van der Waals surface area contributed by atoms with Crippen LogP contribution in [0.1, 0.15) is 55.8 Å². The molecule has 0 aliphatic rings. The van der Waals surface area contributed by atoms with Crippen LogP contribution in [0.4, 0.5) is 18.9 Å². The van der Waals surface area contributed by atoms with Gasteiger partial charge in [-0.1, -0.05) is 39.0 Å². The third-order valence-electron chi connectivity index (χ3n) is 3.14. The van der Waals surface area contributed by atoms with Gasteiger partial charge in [0.25, 0.3) is 0 Å². The lowest BCUT2D eigenvalue weighted by Crippen LogP contribution is -2.12. The Morgan fingerprint density at radius 1 is 1.10 bits per heavy atom. The smallest absolute Gasteiger partial charge is 0.341 e. The van der Waals surface area contributed by atoms with Gasteiger partial charge < -0.3 is 10.5 Å². The number of halogens is 3. The molecule has 0 aliphatic heterocycles. The van der Waals surface area contributed by atoms with Crippen LogP contribution >= 0.6 is 0 Å². The van der Waals surface area contributed by atoms with Crippen molar-refractivity contribution in [1.29, 1.82) is 0 Å². The first-order valence-electron chi connectivity index (χ1n) is 7.09. The fraction of sp³-hybridized carbons (Fsp3) is 0.533. The molecule has 0 atom stereocenters. The molecule has 0 bridgehead atoms. The van der Waals surface area contributed by atoms with E-state index in [-0.39, 0.29) is 6.61 Å². The average molecular weight is 303 g/mol. The van der Waals surface area contributed by atoms with Gasteiger partial charge in [-0.25, -0.2) is 18.0 Å². The first-order valence-corrected chi connectivity index (χ1v) is 7.09. The normalized spacial score (nSPS) is 10.7. The second-order valence-corrected chi connectivity index (χ2v) is 4.85. The summed E-state index contributed by atoms with van der Waals surface area (Å²) < 4.78 is 44.5. The van der Waals surface area contributed by atoms with E-state index in [4.69, 9.17) is 10.5 Å². The van der Waals surface area contributed by atoms with Crippen LogP contribution in [0.5, 0.6) is 0 Å². The van der Waals surface area contributed by atoms with Crippen LogP contribution < -0.4 is 5.73 Å². The average Bonchev–Trinajstić information content (AvgIpc) is 2.47. The molecule has 2 N–H and O–H groups in total. The highest BCUT2D eigenvalue weighted by atomic mass is 19.2. The molecule has 0 unspecified atom stereocenters. The number of unbranched alkanes of at least 4 members (excludes halogenated alkanes) is 5. The molecule has 0 saturated heterocycles. The van der Waals surface area contributed by atoms with Gasteiger partial charge in [0.1, 0.15) is 11.3 Å². The highest BCUT2D eigenvalue weighted by Gasteiger charge is 2.21. The number of hydrogen-bond donors (Lipinski definition) is 1. The van der Waals surface area contributed by atoms with Crippen LogP contribution in [0.15, 0.2) is 6.07 Å². The molecule has 0 amide bonds. The Morgan fingerprint density at radius 3 is 2.38 bits per heavy atom. The van der Waals surface area contributed by atoms with Gasteiger partial charge in [-0.3, -0.25) is 0 Å². The fourth-order valence-corrected chi connectivity index (χ4v) is 1.90. The summed E-state index contributed by atoms with van der Waals surface area (Å²) in [6, 6.07) is 0.463. The number of esters is 1. The maximum absolute atomic E-state index is 13.6. The zero-order valence-corrected chi connectivity index (χ0v) is 12.1. The van der Waals surface area contributed by atoms with Crippen LogP contribution in [0.25, 0.3) is 0 Å². The van der Waals surface area contributed by atoms with Gasteiger partial charge in [0.05, 0.1) is 6.61 Å². The summed E-state index contributed by atoms with van der Waals surface area (Å²) >= 11 is 0. The van der Waals surface area contributed by atoms with E-state index in [0.29, 0.717) is 12.5 Å². The van der Waals surface area contributed by atoms with Crippen molar-refractivity contribution in [3.8, 4) is 0 Å². The van der Waals surface area contributed by atoms with Crippen LogP contribution in [-0.2, 0) is 4.74 Å². The fourth-order valence-electron chi connectivity index (χ4n) is 1.90. The molecule has 1 aromatic carbocycles. The molecule has 0 saturated carbocycles. The largest absolute Gasteiger partial charge is 0.462 e. The minimum absolute atomic E-state index is 0.114. The number of benzene rings is 1. The first kappa shape index (κ1) is 17.3. The Kier molecular flexibility index (Phi) is 7.05. The molecule has 0 aromatic heterocycles. The minimum atomic E-state index is -1.50. The lowest BCUT2D eigenvalue weighted by Gasteiger charge is -2.08. The van der Waals surface area contributed by atoms with Crippen molar-refractivity contribution in [3.05, 3.63) is 29.1 Å². The van der Waals surface area contributed by atoms with Gasteiger partial charge in [-0.15, -0.1) is 0 Å². The zero-order chi connectivity index (χ0) is 15.8. The summed E-state index contributed by atoms with van der Waals surface area (Å²) in [5.74, 6) is -5.20. The molecule has 118 valence electrons. The lowest BCUT2D eigenvalue weighted by molar-refractivity contribution is 0.0491. The van der Waals surface area contributed by atoms with Gasteiger partial charge in [0.15, 0.2) is 17.5 Å². The first-order chi connectivity index (χ1) is 9.99. The van der Waals surface area contributed by atoms with Crippen molar-refractivity contribution in [2.45, 2.75) is 45.4 Å². The summed E-state index contributed by atoms with van der Waals surface area (Å²) in [7, 11) is 0. The topological polar surface area (TPSA) is 52.3 Å². The number of ether oxygens (including phenoxy) is 1. The second-order valence-electron chi connectivity index (χ2n) is 4.85. The van der Waals surface area contributed by atoms with Crippen LogP contribution in [0, 0.1) is 17.5 Å². The molecule has 1 rings (SSSR count). The van der Waals surface area contributed by atoms with E-state index in [2.05, 4.69) is 6.92 Å². The van der Waals surface area contributed by atoms with Crippen molar-refractivity contribution in [2.75, 3.05) is 12.3 Å². The van der Waals surface area contributed by atoms with Crippen LogP contribution in [0.2, 0.25) is 0 Å². The number of nitrogen functional groups attached to an aromatic ring is 1. The van der Waals surface area contributed by atoms with E-state index >= 15 is 0 Å². The van der Waals surface area contributed by atoms with Gasteiger partial charge in [0.2, 0.25) is 0 Å². The third-order valence-corrected chi connectivity index (χ3v) is 3.14. The number of carbonyl (C=O) groups is 1. The maximum Gasteiger partial charge on any atom is 0.341 e. The zero-order valence-electron chi connectivity index (χ0n) is 12.1. The van der Waals surface area contributed by atoms with Crippen molar-refractivity contribution < 1.29 is 22.7 Å². The van der Waals surface area contributed by atoms with Crippen molar-refractivity contribution in [2.24, 2.45) is 0 Å². The Hall–Kier alpha value is -1.72. The van der Waals surface area contributed by atoms with Gasteiger partial charge in [-0.2, -0.15) is 0 Å². The Bertz CT molecular complexity index is 492. The molecule has 3 nitrogen and oxygen atoms in total. The molecule has 0 aliphatic carbocycles. The van der Waals surface area contributed by atoms with Crippen molar-refractivity contribution in [3.63, 3.8) is 0 Å². The summed E-state index contributed by atoms with van der Waals surface area (Å²) in [5.41, 5.74) is 3.35. The van der Waals surface area contributed by atoms with Crippen LogP contribution in [0.3, 0.4) is 0 Å². The molecule has 1 aromatic rings. The van der Waals surface area contributed by atoms with Gasteiger partial charge in [-0.05, 0) is 12.5 Å². The number of rotatable bonds is 8. The van der Waals surface area contributed by atoms with E-state index in [1.807, 2.05) is 0 Å². The van der Waals surface area contributed by atoms with E-state index < -0.39 is 34.7 Å².